The van der Waals surface area contributed by atoms with Crippen molar-refractivity contribution in [1.29, 1.82) is 0 Å². The van der Waals surface area contributed by atoms with Gasteiger partial charge in [0, 0.05) is 16.5 Å². The monoisotopic (exact) mass is 465 g/mol. The first-order valence-electron chi connectivity index (χ1n) is 10.8. The highest BCUT2D eigenvalue weighted by Gasteiger charge is 2.21. The van der Waals surface area contributed by atoms with E-state index < -0.39 is 18.5 Å². The number of carbonyl (C=O) groups excluding carboxylic acids is 3. The van der Waals surface area contributed by atoms with Crippen LogP contribution in [-0.4, -0.2) is 35.4 Å². The van der Waals surface area contributed by atoms with Crippen LogP contribution in [0.2, 0.25) is 5.02 Å². The van der Waals surface area contributed by atoms with Crippen LogP contribution in [0.3, 0.4) is 0 Å². The molecule has 1 saturated carbocycles. The van der Waals surface area contributed by atoms with Crippen LogP contribution in [0.25, 0.3) is 10.9 Å². The molecule has 2 N–H and O–H groups in total. The summed E-state index contributed by atoms with van der Waals surface area (Å²) in [6.45, 7) is 1.20. The van der Waals surface area contributed by atoms with E-state index in [1.54, 1.807) is 55.5 Å². The molecule has 1 heterocycles. The van der Waals surface area contributed by atoms with Crippen molar-refractivity contribution >= 4 is 46.0 Å². The number of carbonyl (C=O) groups is 3. The highest BCUT2D eigenvalue weighted by molar-refractivity contribution is 6.31. The van der Waals surface area contributed by atoms with Gasteiger partial charge in [-0.15, -0.1) is 0 Å². The lowest BCUT2D eigenvalue weighted by molar-refractivity contribution is -0.119. The Morgan fingerprint density at radius 1 is 1.06 bits per heavy atom. The second-order valence-electron chi connectivity index (χ2n) is 8.08. The number of hydrogen-bond donors (Lipinski definition) is 2. The summed E-state index contributed by atoms with van der Waals surface area (Å²) in [5, 5.41) is 6.91. The molecule has 1 aliphatic rings. The third-order valence-corrected chi connectivity index (χ3v) is 5.89. The molecule has 3 aromatic rings. The van der Waals surface area contributed by atoms with Crippen LogP contribution >= 0.6 is 11.6 Å². The van der Waals surface area contributed by atoms with Crippen molar-refractivity contribution in [1.82, 2.24) is 10.3 Å². The molecule has 0 spiro atoms. The predicted molar refractivity (Wildman–Crippen MR) is 127 cm³/mol. The number of aryl methyl sites for hydroxylation is 1. The summed E-state index contributed by atoms with van der Waals surface area (Å²) < 4.78 is 5.21. The van der Waals surface area contributed by atoms with Crippen LogP contribution in [0.15, 0.2) is 48.5 Å². The van der Waals surface area contributed by atoms with Crippen molar-refractivity contribution in [2.75, 3.05) is 11.9 Å². The van der Waals surface area contributed by atoms with Crippen molar-refractivity contribution in [2.45, 2.75) is 38.6 Å². The number of esters is 1. The highest BCUT2D eigenvalue weighted by atomic mass is 35.5. The van der Waals surface area contributed by atoms with E-state index in [1.165, 1.54) is 0 Å². The van der Waals surface area contributed by atoms with E-state index in [-0.39, 0.29) is 17.5 Å². The minimum Gasteiger partial charge on any atom is -0.452 e. The smallest absolute Gasteiger partial charge is 0.340 e. The van der Waals surface area contributed by atoms with Gasteiger partial charge in [0.05, 0.1) is 28.0 Å². The fourth-order valence-corrected chi connectivity index (χ4v) is 4.15. The Balaban J connectivity index is 1.40. The number of aromatic nitrogens is 1. The van der Waals surface area contributed by atoms with Crippen LogP contribution < -0.4 is 10.6 Å². The molecule has 0 bridgehead atoms. The number of fused-ring (bicyclic) bond motifs is 1. The third kappa shape index (κ3) is 5.49. The molecule has 1 aromatic heterocycles. The quantitative estimate of drug-likeness (QED) is 0.516. The molecular formula is C25H24ClN3O4. The summed E-state index contributed by atoms with van der Waals surface area (Å²) in [5.74, 6) is -1.44. The number of halogens is 1. The zero-order chi connectivity index (χ0) is 23.4. The fraction of sp³-hybridized carbons (Fsp3) is 0.280. The molecule has 2 aromatic carbocycles. The number of nitrogens with one attached hydrogen (secondary N) is 2. The van der Waals surface area contributed by atoms with E-state index in [2.05, 4.69) is 15.6 Å². The van der Waals surface area contributed by atoms with Gasteiger partial charge in [-0.2, -0.15) is 0 Å². The molecule has 0 unspecified atom stereocenters. The van der Waals surface area contributed by atoms with Crippen LogP contribution in [0.1, 0.15) is 52.1 Å². The van der Waals surface area contributed by atoms with Crippen molar-refractivity contribution in [2.24, 2.45) is 0 Å². The van der Waals surface area contributed by atoms with Gasteiger partial charge in [0.15, 0.2) is 6.61 Å². The van der Waals surface area contributed by atoms with E-state index in [0.717, 1.165) is 25.7 Å². The minimum atomic E-state index is -0.663. The summed E-state index contributed by atoms with van der Waals surface area (Å²) in [6, 6.07) is 13.8. The number of ether oxygens (including phenoxy) is 1. The lowest BCUT2D eigenvalue weighted by Crippen LogP contribution is -2.33. The molecule has 0 atom stereocenters. The van der Waals surface area contributed by atoms with Gasteiger partial charge >= 0.3 is 5.97 Å². The second kappa shape index (κ2) is 10.0. The lowest BCUT2D eigenvalue weighted by atomic mass is 10.1. The van der Waals surface area contributed by atoms with Gasteiger partial charge in [0.1, 0.15) is 0 Å². The number of para-hydroxylation sites is 1. The van der Waals surface area contributed by atoms with Crippen molar-refractivity contribution in [3.8, 4) is 0 Å². The Hall–Kier alpha value is -3.45. The van der Waals surface area contributed by atoms with Gasteiger partial charge in [-0.3, -0.25) is 14.6 Å². The number of anilines is 1. The van der Waals surface area contributed by atoms with Gasteiger partial charge in [0.25, 0.3) is 11.8 Å². The average molecular weight is 466 g/mol. The summed E-state index contributed by atoms with van der Waals surface area (Å²) >= 11 is 6.03. The molecule has 0 aliphatic heterocycles. The molecule has 33 heavy (non-hydrogen) atoms. The van der Waals surface area contributed by atoms with Crippen LogP contribution in [0.4, 0.5) is 5.69 Å². The molecule has 8 heteroatoms. The maximum atomic E-state index is 12.7. The Bertz CT molecular complexity index is 1220. The van der Waals surface area contributed by atoms with E-state index >= 15 is 0 Å². The number of pyridine rings is 1. The maximum Gasteiger partial charge on any atom is 0.340 e. The Morgan fingerprint density at radius 2 is 1.82 bits per heavy atom. The normalized spacial score (nSPS) is 13.6. The predicted octanol–water partition coefficient (Wildman–Crippen LogP) is 4.66. The van der Waals surface area contributed by atoms with Crippen molar-refractivity contribution in [3.63, 3.8) is 0 Å². The highest BCUT2D eigenvalue weighted by Crippen LogP contribution is 2.22. The van der Waals surface area contributed by atoms with E-state index in [0.29, 0.717) is 32.9 Å². The van der Waals surface area contributed by atoms with Gasteiger partial charge in [-0.05, 0) is 56.2 Å². The van der Waals surface area contributed by atoms with Crippen LogP contribution in [-0.2, 0) is 9.53 Å². The Kier molecular flexibility index (Phi) is 6.89. The zero-order valence-corrected chi connectivity index (χ0v) is 18.9. The molecule has 7 nitrogen and oxygen atoms in total. The summed E-state index contributed by atoms with van der Waals surface area (Å²) in [4.78, 5) is 42.1. The first-order chi connectivity index (χ1) is 15.9. The number of benzene rings is 2. The van der Waals surface area contributed by atoms with Crippen molar-refractivity contribution in [3.05, 3.63) is 70.4 Å². The minimum absolute atomic E-state index is 0.163. The zero-order valence-electron chi connectivity index (χ0n) is 18.2. The third-order valence-electron chi connectivity index (χ3n) is 5.66. The van der Waals surface area contributed by atoms with Crippen LogP contribution in [0.5, 0.6) is 0 Å². The topological polar surface area (TPSA) is 97.4 Å². The molecule has 4 rings (SSSR count). The summed E-state index contributed by atoms with van der Waals surface area (Å²) in [7, 11) is 0. The Labute approximate surface area is 196 Å². The van der Waals surface area contributed by atoms with Gasteiger partial charge in [-0.1, -0.05) is 36.6 Å². The lowest BCUT2D eigenvalue weighted by Gasteiger charge is -2.15. The first kappa shape index (κ1) is 22.7. The standard InChI is InChI=1S/C25H24ClN3O4/c1-15-20(13-16-12-17(26)10-11-21(16)27-15)25(32)33-14-23(30)29-22-9-5-4-8-19(22)24(31)28-18-6-2-3-7-18/h4-5,8-13,18H,2-3,6-7,14H2,1H3,(H,28,31)(H,29,30). The summed E-state index contributed by atoms with van der Waals surface area (Å²) in [5.41, 5.74) is 2.19. The van der Waals surface area contributed by atoms with Gasteiger partial charge in [-0.25, -0.2) is 4.79 Å². The average Bonchev–Trinajstić information content (AvgIpc) is 3.30. The van der Waals surface area contributed by atoms with Gasteiger partial charge in [0.2, 0.25) is 0 Å². The summed E-state index contributed by atoms with van der Waals surface area (Å²) in [6.07, 6.45) is 4.14. The van der Waals surface area contributed by atoms with Crippen LogP contribution in [0, 0.1) is 6.92 Å². The largest absolute Gasteiger partial charge is 0.452 e. The maximum absolute atomic E-state index is 12.7. The number of hydrogen-bond acceptors (Lipinski definition) is 5. The molecule has 170 valence electrons. The second-order valence-corrected chi connectivity index (χ2v) is 8.52. The number of amides is 2. The number of rotatable bonds is 6. The van der Waals surface area contributed by atoms with E-state index in [9.17, 15) is 14.4 Å². The molecule has 1 fully saturated rings. The molecule has 2 amide bonds. The molecular weight excluding hydrogens is 442 g/mol. The molecule has 0 saturated heterocycles. The SMILES string of the molecule is Cc1nc2ccc(Cl)cc2cc1C(=O)OCC(=O)Nc1ccccc1C(=O)NC1CCCC1. The number of nitrogens with zero attached hydrogens (tertiary/aromatic N) is 1. The van der Waals surface area contributed by atoms with Gasteiger partial charge < -0.3 is 15.4 Å². The fourth-order valence-electron chi connectivity index (χ4n) is 3.97. The first-order valence-corrected chi connectivity index (χ1v) is 11.2. The van der Waals surface area contributed by atoms with E-state index in [1.807, 2.05) is 0 Å². The molecule has 0 radical (unpaired) electrons. The van der Waals surface area contributed by atoms with E-state index in [4.69, 9.17) is 16.3 Å². The van der Waals surface area contributed by atoms with Crippen molar-refractivity contribution < 1.29 is 19.1 Å². The Morgan fingerprint density at radius 3 is 2.61 bits per heavy atom. The molecule has 1 aliphatic carbocycles.